The fourth-order valence-electron chi connectivity index (χ4n) is 3.14. The maximum atomic E-state index is 6.11. The second-order valence-electron chi connectivity index (χ2n) is 5.93. The number of anilines is 1. The summed E-state index contributed by atoms with van der Waals surface area (Å²) in [4.78, 5) is 9.32. The van der Waals surface area contributed by atoms with Crippen molar-refractivity contribution in [2.45, 2.75) is 45.4 Å². The first kappa shape index (κ1) is 14.5. The molecule has 1 saturated carbocycles. The third-order valence-corrected chi connectivity index (χ3v) is 5.08. The molecule has 0 spiro atoms. The van der Waals surface area contributed by atoms with E-state index in [1.165, 1.54) is 36.8 Å². The van der Waals surface area contributed by atoms with Gasteiger partial charge >= 0.3 is 0 Å². The van der Waals surface area contributed by atoms with Crippen molar-refractivity contribution in [1.82, 2.24) is 9.97 Å². The zero-order valence-corrected chi connectivity index (χ0v) is 14.1. The molecular weight excluding hydrogens is 326 g/mol. The summed E-state index contributed by atoms with van der Waals surface area (Å²) in [7, 11) is 0. The van der Waals surface area contributed by atoms with Gasteiger partial charge in [0.25, 0.3) is 0 Å². The van der Waals surface area contributed by atoms with Crippen LogP contribution in [0.5, 0.6) is 0 Å². The van der Waals surface area contributed by atoms with Gasteiger partial charge in [0.15, 0.2) is 5.82 Å². The molecule has 110 valence electrons. The van der Waals surface area contributed by atoms with Crippen molar-refractivity contribution >= 4 is 21.7 Å². The van der Waals surface area contributed by atoms with Crippen LogP contribution in [-0.4, -0.2) is 9.97 Å². The first-order valence-corrected chi connectivity index (χ1v) is 8.26. The van der Waals surface area contributed by atoms with Crippen LogP contribution in [0, 0.1) is 13.8 Å². The molecule has 1 fully saturated rings. The van der Waals surface area contributed by atoms with Gasteiger partial charge in [0.1, 0.15) is 5.82 Å². The highest BCUT2D eigenvalue weighted by Gasteiger charge is 2.23. The highest BCUT2D eigenvalue weighted by molar-refractivity contribution is 9.10. The van der Waals surface area contributed by atoms with Gasteiger partial charge in [0.05, 0.1) is 10.2 Å². The molecule has 1 aromatic heterocycles. The van der Waals surface area contributed by atoms with Gasteiger partial charge in [-0.15, -0.1) is 0 Å². The van der Waals surface area contributed by atoms with Crippen molar-refractivity contribution < 1.29 is 0 Å². The van der Waals surface area contributed by atoms with Gasteiger partial charge in [-0.3, -0.25) is 0 Å². The smallest absolute Gasteiger partial charge is 0.162 e. The molecule has 2 aromatic rings. The minimum Gasteiger partial charge on any atom is -0.383 e. The molecule has 0 atom stereocenters. The Morgan fingerprint density at radius 3 is 2.52 bits per heavy atom. The normalized spacial score (nSPS) is 15.6. The van der Waals surface area contributed by atoms with Crippen LogP contribution in [0.2, 0.25) is 0 Å². The number of nitrogen functional groups attached to an aromatic ring is 1. The van der Waals surface area contributed by atoms with E-state index in [-0.39, 0.29) is 0 Å². The standard InChI is InChI=1S/C17H20BrN3/c1-10-7-8-13(11(2)9-10)17-20-15(12-5-3-4-6-12)14(18)16(19)21-17/h7-9,12H,3-6H2,1-2H3,(H2,19,20,21). The predicted molar refractivity (Wildman–Crippen MR) is 90.3 cm³/mol. The Morgan fingerprint density at radius 1 is 1.14 bits per heavy atom. The molecule has 21 heavy (non-hydrogen) atoms. The molecule has 1 aliphatic carbocycles. The van der Waals surface area contributed by atoms with E-state index in [1.807, 2.05) is 0 Å². The van der Waals surface area contributed by atoms with Crippen LogP contribution < -0.4 is 5.73 Å². The van der Waals surface area contributed by atoms with E-state index in [4.69, 9.17) is 10.7 Å². The second-order valence-corrected chi connectivity index (χ2v) is 6.72. The van der Waals surface area contributed by atoms with E-state index < -0.39 is 0 Å². The van der Waals surface area contributed by atoms with Crippen molar-refractivity contribution in [2.75, 3.05) is 5.73 Å². The van der Waals surface area contributed by atoms with Crippen molar-refractivity contribution in [1.29, 1.82) is 0 Å². The van der Waals surface area contributed by atoms with E-state index in [2.05, 4.69) is 53.0 Å². The van der Waals surface area contributed by atoms with Crippen molar-refractivity contribution in [2.24, 2.45) is 0 Å². The van der Waals surface area contributed by atoms with Gasteiger partial charge in [-0.1, -0.05) is 36.6 Å². The molecule has 2 N–H and O–H groups in total. The fourth-order valence-corrected chi connectivity index (χ4v) is 3.64. The van der Waals surface area contributed by atoms with Crippen LogP contribution >= 0.6 is 15.9 Å². The molecule has 0 radical (unpaired) electrons. The Morgan fingerprint density at radius 2 is 1.86 bits per heavy atom. The van der Waals surface area contributed by atoms with E-state index in [0.29, 0.717) is 11.7 Å². The summed E-state index contributed by atoms with van der Waals surface area (Å²) in [6.45, 7) is 4.19. The Hall–Kier alpha value is -1.42. The van der Waals surface area contributed by atoms with Gasteiger partial charge in [-0.2, -0.15) is 0 Å². The molecule has 3 nitrogen and oxygen atoms in total. The summed E-state index contributed by atoms with van der Waals surface area (Å²) in [5, 5.41) is 0. The summed E-state index contributed by atoms with van der Waals surface area (Å²) < 4.78 is 0.878. The number of rotatable bonds is 2. The number of hydrogen-bond acceptors (Lipinski definition) is 3. The molecule has 1 heterocycles. The molecular formula is C17H20BrN3. The number of nitrogens with zero attached hydrogens (tertiary/aromatic N) is 2. The Labute approximate surface area is 134 Å². The van der Waals surface area contributed by atoms with Gasteiger partial charge in [0.2, 0.25) is 0 Å². The second kappa shape index (κ2) is 5.76. The monoisotopic (exact) mass is 345 g/mol. The molecule has 1 aliphatic rings. The molecule has 3 rings (SSSR count). The Kier molecular flexibility index (Phi) is 3.98. The summed E-state index contributed by atoms with van der Waals surface area (Å²) >= 11 is 3.58. The number of aromatic nitrogens is 2. The molecule has 1 aromatic carbocycles. The SMILES string of the molecule is Cc1ccc(-c2nc(N)c(Br)c(C3CCCC3)n2)c(C)c1. The predicted octanol–water partition coefficient (Wildman–Crippen LogP) is 4.76. The average Bonchev–Trinajstić information content (AvgIpc) is 2.96. The lowest BCUT2D eigenvalue weighted by atomic mass is 10.0. The van der Waals surface area contributed by atoms with E-state index >= 15 is 0 Å². The number of hydrogen-bond donors (Lipinski definition) is 1. The van der Waals surface area contributed by atoms with Crippen molar-refractivity contribution in [3.63, 3.8) is 0 Å². The third kappa shape index (κ3) is 2.82. The number of aryl methyl sites for hydroxylation is 2. The molecule has 4 heteroatoms. The molecule has 0 amide bonds. The summed E-state index contributed by atoms with van der Waals surface area (Å²) in [5.74, 6) is 1.80. The van der Waals surface area contributed by atoms with Gasteiger partial charge in [0, 0.05) is 11.5 Å². The number of halogens is 1. The highest BCUT2D eigenvalue weighted by Crippen LogP contribution is 2.39. The zero-order valence-electron chi connectivity index (χ0n) is 12.5. The maximum absolute atomic E-state index is 6.11. The molecule has 0 unspecified atom stereocenters. The largest absolute Gasteiger partial charge is 0.383 e. The minimum atomic E-state index is 0.508. The van der Waals surface area contributed by atoms with Crippen LogP contribution in [0.1, 0.15) is 48.4 Å². The first-order chi connectivity index (χ1) is 10.1. The summed E-state index contributed by atoms with van der Waals surface area (Å²) in [6, 6.07) is 6.34. The topological polar surface area (TPSA) is 51.8 Å². The van der Waals surface area contributed by atoms with E-state index in [9.17, 15) is 0 Å². The lowest BCUT2D eigenvalue weighted by Crippen LogP contribution is -2.06. The van der Waals surface area contributed by atoms with Crippen LogP contribution in [0.3, 0.4) is 0 Å². The fraction of sp³-hybridized carbons (Fsp3) is 0.412. The molecule has 0 aliphatic heterocycles. The Balaban J connectivity index is 2.10. The van der Waals surface area contributed by atoms with Crippen LogP contribution in [0.25, 0.3) is 11.4 Å². The van der Waals surface area contributed by atoms with E-state index in [0.717, 1.165) is 21.6 Å². The summed E-state index contributed by atoms with van der Waals surface area (Å²) in [6.07, 6.45) is 4.95. The minimum absolute atomic E-state index is 0.508. The molecule has 0 saturated heterocycles. The Bertz CT molecular complexity index is 676. The highest BCUT2D eigenvalue weighted by atomic mass is 79.9. The first-order valence-electron chi connectivity index (χ1n) is 7.47. The van der Waals surface area contributed by atoms with Crippen LogP contribution in [-0.2, 0) is 0 Å². The van der Waals surface area contributed by atoms with Gasteiger partial charge in [-0.25, -0.2) is 9.97 Å². The van der Waals surface area contributed by atoms with Crippen LogP contribution in [0.4, 0.5) is 5.82 Å². The van der Waals surface area contributed by atoms with E-state index in [1.54, 1.807) is 0 Å². The lowest BCUT2D eigenvalue weighted by Gasteiger charge is -2.15. The van der Waals surface area contributed by atoms with Crippen LogP contribution in [0.15, 0.2) is 22.7 Å². The third-order valence-electron chi connectivity index (χ3n) is 4.27. The quantitative estimate of drug-likeness (QED) is 0.853. The molecule has 0 bridgehead atoms. The number of nitrogens with two attached hydrogens (primary N) is 1. The van der Waals surface area contributed by atoms with Gasteiger partial charge < -0.3 is 5.73 Å². The number of benzene rings is 1. The van der Waals surface area contributed by atoms with Gasteiger partial charge in [-0.05, 0) is 48.2 Å². The van der Waals surface area contributed by atoms with Crippen molar-refractivity contribution in [3.05, 3.63) is 39.5 Å². The zero-order chi connectivity index (χ0) is 15.0. The lowest BCUT2D eigenvalue weighted by molar-refractivity contribution is 0.691. The maximum Gasteiger partial charge on any atom is 0.162 e. The summed E-state index contributed by atoms with van der Waals surface area (Å²) in [5.41, 5.74) is 10.7. The average molecular weight is 346 g/mol. The van der Waals surface area contributed by atoms with Crippen molar-refractivity contribution in [3.8, 4) is 11.4 Å².